The molecule has 0 radical (unpaired) electrons. The molecule has 0 fully saturated rings. The fraction of sp³-hybridized carbons (Fsp3) is 0.200. The number of aryl methyl sites for hydroxylation is 1. The third-order valence-corrected chi connectivity index (χ3v) is 3.51. The third-order valence-electron chi connectivity index (χ3n) is 3.18. The molecule has 0 aliphatic carbocycles. The number of hydrazine groups is 1. The van der Waals surface area contributed by atoms with E-state index in [2.05, 4.69) is 5.43 Å². The molecule has 0 saturated carbocycles. The van der Waals surface area contributed by atoms with Crippen LogP contribution in [0.3, 0.4) is 0 Å². The molecule has 0 aliphatic rings. The molecule has 0 saturated heterocycles. The smallest absolute Gasteiger partial charge is 0.271 e. The standard InChI is InChI=1S/C15H14ClF3N2/c1-9-5-6-12(13(16)7-9)14(21-20)10-3-2-4-11(8-10)15(17,18)19/h2-8,14,21H,20H2,1H3. The van der Waals surface area contributed by atoms with Crippen LogP contribution < -0.4 is 11.3 Å². The molecule has 1 atom stereocenters. The Morgan fingerprint density at radius 3 is 2.43 bits per heavy atom. The normalized spacial score (nSPS) is 13.2. The minimum atomic E-state index is -4.40. The number of nitrogens with two attached hydrogens (primary N) is 1. The van der Waals surface area contributed by atoms with E-state index in [9.17, 15) is 13.2 Å². The molecule has 6 heteroatoms. The molecule has 0 heterocycles. The van der Waals surface area contributed by atoms with Gasteiger partial charge in [-0.15, -0.1) is 0 Å². The van der Waals surface area contributed by atoms with E-state index < -0.39 is 17.8 Å². The second-order valence-corrected chi connectivity index (χ2v) is 5.16. The first-order valence-corrected chi connectivity index (χ1v) is 6.60. The van der Waals surface area contributed by atoms with Crippen LogP contribution in [-0.2, 0) is 6.18 Å². The van der Waals surface area contributed by atoms with Gasteiger partial charge >= 0.3 is 6.18 Å². The maximum absolute atomic E-state index is 12.8. The van der Waals surface area contributed by atoms with Crippen molar-refractivity contribution in [1.82, 2.24) is 5.43 Å². The highest BCUT2D eigenvalue weighted by atomic mass is 35.5. The minimum absolute atomic E-state index is 0.401. The zero-order valence-corrected chi connectivity index (χ0v) is 12.0. The molecule has 3 N–H and O–H groups in total. The van der Waals surface area contributed by atoms with Gasteiger partial charge in [0.15, 0.2) is 0 Å². The van der Waals surface area contributed by atoms with E-state index in [4.69, 9.17) is 17.4 Å². The summed E-state index contributed by atoms with van der Waals surface area (Å²) in [7, 11) is 0. The zero-order valence-electron chi connectivity index (χ0n) is 11.2. The summed E-state index contributed by atoms with van der Waals surface area (Å²) in [6.45, 7) is 1.88. The van der Waals surface area contributed by atoms with Crippen LogP contribution >= 0.6 is 11.6 Å². The van der Waals surface area contributed by atoms with Crippen molar-refractivity contribution in [3.8, 4) is 0 Å². The molecule has 21 heavy (non-hydrogen) atoms. The Bertz CT molecular complexity index is 641. The fourth-order valence-corrected chi connectivity index (χ4v) is 2.47. The van der Waals surface area contributed by atoms with Gasteiger partial charge in [0.1, 0.15) is 0 Å². The topological polar surface area (TPSA) is 38.0 Å². The molecule has 0 amide bonds. The molecule has 0 aromatic heterocycles. The van der Waals surface area contributed by atoms with Gasteiger partial charge in [-0.25, -0.2) is 5.43 Å². The summed E-state index contributed by atoms with van der Waals surface area (Å²) < 4.78 is 38.4. The second kappa shape index (κ2) is 6.05. The average Bonchev–Trinajstić information content (AvgIpc) is 2.41. The minimum Gasteiger partial charge on any atom is -0.271 e. The number of rotatable bonds is 3. The first kappa shape index (κ1) is 15.8. The van der Waals surface area contributed by atoms with Crippen LogP contribution in [0, 0.1) is 6.92 Å². The van der Waals surface area contributed by atoms with Crippen LogP contribution in [0.1, 0.15) is 28.3 Å². The highest BCUT2D eigenvalue weighted by Gasteiger charge is 2.31. The number of hydrogen-bond acceptors (Lipinski definition) is 2. The van der Waals surface area contributed by atoms with Crippen molar-refractivity contribution in [2.45, 2.75) is 19.1 Å². The van der Waals surface area contributed by atoms with Crippen LogP contribution in [-0.4, -0.2) is 0 Å². The Kier molecular flexibility index (Phi) is 4.56. The summed E-state index contributed by atoms with van der Waals surface area (Å²) in [5.74, 6) is 5.51. The fourth-order valence-electron chi connectivity index (χ4n) is 2.13. The highest BCUT2D eigenvalue weighted by Crippen LogP contribution is 2.33. The lowest BCUT2D eigenvalue weighted by atomic mass is 9.96. The molecule has 1 unspecified atom stereocenters. The summed E-state index contributed by atoms with van der Waals surface area (Å²) >= 11 is 6.16. The summed E-state index contributed by atoms with van der Waals surface area (Å²) in [6, 6.07) is 9.74. The van der Waals surface area contributed by atoms with Crippen LogP contribution in [0.4, 0.5) is 13.2 Å². The van der Waals surface area contributed by atoms with Gasteiger partial charge in [-0.1, -0.05) is 35.9 Å². The maximum atomic E-state index is 12.8. The molecule has 0 aliphatic heterocycles. The third kappa shape index (κ3) is 3.56. The number of benzene rings is 2. The zero-order chi connectivity index (χ0) is 15.6. The second-order valence-electron chi connectivity index (χ2n) is 4.75. The van der Waals surface area contributed by atoms with E-state index in [0.717, 1.165) is 17.7 Å². The van der Waals surface area contributed by atoms with Gasteiger partial charge in [0.05, 0.1) is 11.6 Å². The molecule has 2 nitrogen and oxygen atoms in total. The van der Waals surface area contributed by atoms with Gasteiger partial charge in [-0.3, -0.25) is 5.84 Å². The van der Waals surface area contributed by atoms with Crippen molar-refractivity contribution in [2.24, 2.45) is 5.84 Å². The average molecular weight is 315 g/mol. The van der Waals surface area contributed by atoms with E-state index in [-0.39, 0.29) is 0 Å². The van der Waals surface area contributed by atoms with Gasteiger partial charge in [-0.05, 0) is 41.8 Å². The van der Waals surface area contributed by atoms with Gasteiger partial charge in [0.2, 0.25) is 0 Å². The Hall–Kier alpha value is -1.56. The Labute approximate surface area is 125 Å². The van der Waals surface area contributed by atoms with Crippen molar-refractivity contribution in [1.29, 1.82) is 0 Å². The molecule has 112 valence electrons. The molecule has 2 aromatic rings. The maximum Gasteiger partial charge on any atom is 0.416 e. The molecular formula is C15H14ClF3N2. The van der Waals surface area contributed by atoms with E-state index in [1.807, 2.05) is 13.0 Å². The lowest BCUT2D eigenvalue weighted by Crippen LogP contribution is -2.29. The molecule has 2 aromatic carbocycles. The monoisotopic (exact) mass is 314 g/mol. The quantitative estimate of drug-likeness (QED) is 0.657. The predicted octanol–water partition coefficient (Wildman–Crippen LogP) is 4.22. The molecule has 2 rings (SSSR count). The van der Waals surface area contributed by atoms with E-state index >= 15 is 0 Å². The Balaban J connectivity index is 2.47. The van der Waals surface area contributed by atoms with Crippen molar-refractivity contribution < 1.29 is 13.2 Å². The Morgan fingerprint density at radius 2 is 1.86 bits per heavy atom. The lowest BCUT2D eigenvalue weighted by molar-refractivity contribution is -0.137. The van der Waals surface area contributed by atoms with Crippen LogP contribution in [0.5, 0.6) is 0 Å². The van der Waals surface area contributed by atoms with Crippen LogP contribution in [0.25, 0.3) is 0 Å². The number of alkyl halides is 3. The van der Waals surface area contributed by atoms with Crippen molar-refractivity contribution >= 4 is 11.6 Å². The summed E-state index contributed by atoms with van der Waals surface area (Å²) in [6.07, 6.45) is -4.40. The number of hydrogen-bond donors (Lipinski definition) is 2. The largest absolute Gasteiger partial charge is 0.416 e. The molecular weight excluding hydrogens is 301 g/mol. The number of halogens is 4. The Morgan fingerprint density at radius 1 is 1.14 bits per heavy atom. The summed E-state index contributed by atoms with van der Waals surface area (Å²) in [5, 5.41) is 0.454. The van der Waals surface area contributed by atoms with Gasteiger partial charge < -0.3 is 0 Å². The predicted molar refractivity (Wildman–Crippen MR) is 76.8 cm³/mol. The van der Waals surface area contributed by atoms with Crippen LogP contribution in [0.2, 0.25) is 5.02 Å². The van der Waals surface area contributed by atoms with E-state index in [1.54, 1.807) is 18.2 Å². The van der Waals surface area contributed by atoms with Gasteiger partial charge in [0, 0.05) is 5.02 Å². The first-order chi connectivity index (χ1) is 9.82. The molecule has 0 bridgehead atoms. The summed E-state index contributed by atoms with van der Waals surface area (Å²) in [5.41, 5.74) is 3.79. The van der Waals surface area contributed by atoms with E-state index in [0.29, 0.717) is 16.1 Å². The highest BCUT2D eigenvalue weighted by molar-refractivity contribution is 6.31. The van der Waals surface area contributed by atoms with Crippen molar-refractivity contribution in [2.75, 3.05) is 0 Å². The SMILES string of the molecule is Cc1ccc(C(NN)c2cccc(C(F)(F)F)c2)c(Cl)c1. The van der Waals surface area contributed by atoms with E-state index in [1.165, 1.54) is 6.07 Å². The molecule has 0 spiro atoms. The van der Waals surface area contributed by atoms with Gasteiger partial charge in [-0.2, -0.15) is 13.2 Å². The van der Waals surface area contributed by atoms with Crippen molar-refractivity contribution in [3.63, 3.8) is 0 Å². The summed E-state index contributed by atoms with van der Waals surface area (Å²) in [4.78, 5) is 0. The number of nitrogens with one attached hydrogen (secondary N) is 1. The van der Waals surface area contributed by atoms with Crippen LogP contribution in [0.15, 0.2) is 42.5 Å². The van der Waals surface area contributed by atoms with Gasteiger partial charge in [0.25, 0.3) is 0 Å². The first-order valence-electron chi connectivity index (χ1n) is 6.22. The van der Waals surface area contributed by atoms with Crippen molar-refractivity contribution in [3.05, 3.63) is 69.7 Å². The lowest BCUT2D eigenvalue weighted by Gasteiger charge is -2.20.